The van der Waals surface area contributed by atoms with E-state index < -0.39 is 12.0 Å². The minimum atomic E-state index is -0.714. The Kier molecular flexibility index (Phi) is 5.26. The molecule has 0 amide bonds. The Bertz CT molecular complexity index is 687. The van der Waals surface area contributed by atoms with Crippen molar-refractivity contribution in [2.24, 2.45) is 0 Å². The van der Waals surface area contributed by atoms with Crippen LogP contribution in [0.4, 0.5) is 0 Å². The molecule has 0 radical (unpaired) electrons. The molecule has 1 aliphatic rings. The van der Waals surface area contributed by atoms with Crippen LogP contribution in [0.5, 0.6) is 0 Å². The van der Waals surface area contributed by atoms with Gasteiger partial charge in [-0.3, -0.25) is 14.7 Å². The van der Waals surface area contributed by atoms with Gasteiger partial charge in [0.25, 0.3) is 0 Å². The second-order valence-corrected chi connectivity index (χ2v) is 6.49. The second kappa shape index (κ2) is 7.58. The van der Waals surface area contributed by atoms with Crippen molar-refractivity contribution in [1.29, 1.82) is 0 Å². The third-order valence-corrected chi connectivity index (χ3v) is 4.91. The molecule has 1 aromatic carbocycles. The number of aromatic nitrogens is 1. The zero-order valence-corrected chi connectivity index (χ0v) is 14.1. The number of hydrogen-bond donors (Lipinski definition) is 1. The van der Waals surface area contributed by atoms with E-state index in [0.29, 0.717) is 0 Å². The molecule has 126 valence electrons. The number of hydrogen-bond acceptors (Lipinski definition) is 3. The number of aliphatic carboxylic acids is 1. The highest BCUT2D eigenvalue weighted by atomic mass is 16.4. The standard InChI is InChI=1S/C20H24N2O2/c1-15-8-2-3-10-17(15)19(14-16-9-4-6-12-21-16)22-13-7-5-11-18(22)20(23)24/h2-4,6,8-10,12,18-19H,5,7,11,13-14H2,1H3,(H,23,24). The number of rotatable bonds is 5. The summed E-state index contributed by atoms with van der Waals surface area (Å²) >= 11 is 0. The zero-order chi connectivity index (χ0) is 16.9. The number of carboxylic acid groups (broad SMARTS) is 1. The van der Waals surface area contributed by atoms with E-state index in [4.69, 9.17) is 0 Å². The van der Waals surface area contributed by atoms with Crippen molar-refractivity contribution in [2.75, 3.05) is 6.54 Å². The number of carbonyl (C=O) groups is 1. The van der Waals surface area contributed by atoms with E-state index in [1.807, 2.05) is 30.3 Å². The molecule has 0 bridgehead atoms. The Hall–Kier alpha value is -2.20. The largest absolute Gasteiger partial charge is 0.480 e. The Labute approximate surface area is 143 Å². The first kappa shape index (κ1) is 16.7. The predicted octanol–water partition coefficient (Wildman–Crippen LogP) is 3.61. The first-order valence-electron chi connectivity index (χ1n) is 8.61. The van der Waals surface area contributed by atoms with Gasteiger partial charge in [-0.15, -0.1) is 0 Å². The number of carboxylic acids is 1. The molecule has 2 heterocycles. The molecule has 4 nitrogen and oxygen atoms in total. The van der Waals surface area contributed by atoms with E-state index in [2.05, 4.69) is 28.9 Å². The van der Waals surface area contributed by atoms with E-state index in [1.165, 1.54) is 11.1 Å². The maximum Gasteiger partial charge on any atom is 0.320 e. The van der Waals surface area contributed by atoms with Crippen LogP contribution in [0, 0.1) is 6.92 Å². The van der Waals surface area contributed by atoms with E-state index in [1.54, 1.807) is 6.20 Å². The maximum atomic E-state index is 11.8. The van der Waals surface area contributed by atoms with Crippen LogP contribution in [0.3, 0.4) is 0 Å². The van der Waals surface area contributed by atoms with Crippen LogP contribution >= 0.6 is 0 Å². The van der Waals surface area contributed by atoms with Crippen molar-refractivity contribution in [3.63, 3.8) is 0 Å². The van der Waals surface area contributed by atoms with Crippen LogP contribution in [0.15, 0.2) is 48.7 Å². The smallest absolute Gasteiger partial charge is 0.320 e. The summed E-state index contributed by atoms with van der Waals surface area (Å²) in [6.45, 7) is 2.92. The molecule has 1 aromatic heterocycles. The van der Waals surface area contributed by atoms with Crippen LogP contribution in [-0.4, -0.2) is 33.5 Å². The summed E-state index contributed by atoms with van der Waals surface area (Å²) in [5.41, 5.74) is 3.41. The molecule has 24 heavy (non-hydrogen) atoms. The molecule has 0 spiro atoms. The molecular formula is C20H24N2O2. The summed E-state index contributed by atoms with van der Waals surface area (Å²) in [4.78, 5) is 18.4. The van der Waals surface area contributed by atoms with Gasteiger partial charge < -0.3 is 5.11 Å². The minimum Gasteiger partial charge on any atom is -0.480 e. The van der Waals surface area contributed by atoms with Crippen LogP contribution in [0.1, 0.15) is 42.1 Å². The second-order valence-electron chi connectivity index (χ2n) is 6.49. The molecule has 1 aliphatic heterocycles. The molecule has 0 aliphatic carbocycles. The number of benzene rings is 1. The van der Waals surface area contributed by atoms with E-state index in [-0.39, 0.29) is 6.04 Å². The van der Waals surface area contributed by atoms with E-state index in [9.17, 15) is 9.90 Å². The Morgan fingerprint density at radius 3 is 2.75 bits per heavy atom. The highest BCUT2D eigenvalue weighted by molar-refractivity contribution is 5.73. The lowest BCUT2D eigenvalue weighted by Crippen LogP contribution is -2.47. The van der Waals surface area contributed by atoms with Gasteiger partial charge in [0.1, 0.15) is 6.04 Å². The fraction of sp³-hybridized carbons (Fsp3) is 0.400. The Morgan fingerprint density at radius 1 is 1.25 bits per heavy atom. The zero-order valence-electron chi connectivity index (χ0n) is 14.1. The average Bonchev–Trinajstić information content (AvgIpc) is 2.61. The van der Waals surface area contributed by atoms with Crippen molar-refractivity contribution in [2.45, 2.75) is 44.7 Å². The third-order valence-electron chi connectivity index (χ3n) is 4.91. The Morgan fingerprint density at radius 2 is 2.04 bits per heavy atom. The summed E-state index contributed by atoms with van der Waals surface area (Å²) in [5.74, 6) is -0.714. The fourth-order valence-corrected chi connectivity index (χ4v) is 3.68. The van der Waals surface area contributed by atoms with Gasteiger partial charge in [0.15, 0.2) is 0 Å². The summed E-state index contributed by atoms with van der Waals surface area (Å²) < 4.78 is 0. The highest BCUT2D eigenvalue weighted by Gasteiger charge is 2.34. The molecule has 2 unspecified atom stereocenters. The van der Waals surface area contributed by atoms with Gasteiger partial charge in [-0.05, 0) is 49.6 Å². The molecule has 1 N–H and O–H groups in total. The molecule has 1 fully saturated rings. The van der Waals surface area contributed by atoms with Gasteiger partial charge in [-0.2, -0.15) is 0 Å². The lowest BCUT2D eigenvalue weighted by atomic mass is 9.91. The van der Waals surface area contributed by atoms with Crippen LogP contribution < -0.4 is 0 Å². The summed E-state index contributed by atoms with van der Waals surface area (Å²) in [5, 5.41) is 9.68. The van der Waals surface area contributed by atoms with Gasteiger partial charge in [-0.25, -0.2) is 0 Å². The van der Waals surface area contributed by atoms with Crippen molar-refractivity contribution >= 4 is 5.97 Å². The van der Waals surface area contributed by atoms with E-state index in [0.717, 1.165) is 37.9 Å². The number of piperidine rings is 1. The topological polar surface area (TPSA) is 53.4 Å². The summed E-state index contributed by atoms with van der Waals surface area (Å²) in [7, 11) is 0. The van der Waals surface area contributed by atoms with Crippen LogP contribution in [0.25, 0.3) is 0 Å². The summed E-state index contributed by atoms with van der Waals surface area (Å²) in [6.07, 6.45) is 5.29. The number of nitrogens with zero attached hydrogens (tertiary/aromatic N) is 2. The lowest BCUT2D eigenvalue weighted by Gasteiger charge is -2.40. The third kappa shape index (κ3) is 3.65. The number of pyridine rings is 1. The monoisotopic (exact) mass is 324 g/mol. The molecule has 2 aromatic rings. The van der Waals surface area contributed by atoms with Crippen molar-refractivity contribution in [3.8, 4) is 0 Å². The van der Waals surface area contributed by atoms with E-state index >= 15 is 0 Å². The molecule has 2 atom stereocenters. The summed E-state index contributed by atoms with van der Waals surface area (Å²) in [6, 6.07) is 13.8. The van der Waals surface area contributed by atoms with Crippen LogP contribution in [-0.2, 0) is 11.2 Å². The number of likely N-dealkylation sites (tertiary alicyclic amines) is 1. The fourth-order valence-electron chi connectivity index (χ4n) is 3.68. The first-order valence-corrected chi connectivity index (χ1v) is 8.61. The van der Waals surface area contributed by atoms with Crippen LogP contribution in [0.2, 0.25) is 0 Å². The SMILES string of the molecule is Cc1ccccc1C(Cc1ccccn1)N1CCCCC1C(=O)O. The molecule has 4 heteroatoms. The molecule has 1 saturated heterocycles. The number of aryl methyl sites for hydroxylation is 1. The molecule has 0 saturated carbocycles. The minimum absolute atomic E-state index is 0.0440. The van der Waals surface area contributed by atoms with Gasteiger partial charge in [0.05, 0.1) is 0 Å². The van der Waals surface area contributed by atoms with Crippen molar-refractivity contribution < 1.29 is 9.90 Å². The van der Waals surface area contributed by atoms with Gasteiger partial charge in [0, 0.05) is 24.4 Å². The molecule has 3 rings (SSSR count). The maximum absolute atomic E-state index is 11.8. The lowest BCUT2D eigenvalue weighted by molar-refractivity contribution is -0.146. The first-order chi connectivity index (χ1) is 11.7. The van der Waals surface area contributed by atoms with Crippen molar-refractivity contribution in [3.05, 3.63) is 65.5 Å². The highest BCUT2D eigenvalue weighted by Crippen LogP contribution is 2.32. The quantitative estimate of drug-likeness (QED) is 0.913. The van der Waals surface area contributed by atoms with Gasteiger partial charge in [0.2, 0.25) is 0 Å². The van der Waals surface area contributed by atoms with Gasteiger partial charge >= 0.3 is 5.97 Å². The average molecular weight is 324 g/mol. The predicted molar refractivity (Wildman–Crippen MR) is 93.8 cm³/mol. The Balaban J connectivity index is 1.97. The normalized spacial score (nSPS) is 19.8. The molecular weight excluding hydrogens is 300 g/mol. The van der Waals surface area contributed by atoms with Gasteiger partial charge in [-0.1, -0.05) is 36.8 Å². The van der Waals surface area contributed by atoms with Crippen molar-refractivity contribution in [1.82, 2.24) is 9.88 Å².